The molecule has 84 valence electrons. The van der Waals surface area contributed by atoms with Gasteiger partial charge in [0.1, 0.15) is 0 Å². The Balaban J connectivity index is 2.67. The minimum Gasteiger partial charge on any atom is -0.229 e. The fourth-order valence-electron chi connectivity index (χ4n) is 1.49. The Kier molecular flexibility index (Phi) is 4.13. The second-order valence-corrected chi connectivity index (χ2v) is 5.80. The van der Waals surface area contributed by atoms with Crippen molar-refractivity contribution in [3.05, 3.63) is 34.9 Å². The van der Waals surface area contributed by atoms with Gasteiger partial charge in [-0.15, -0.1) is 0 Å². The summed E-state index contributed by atoms with van der Waals surface area (Å²) in [6, 6.07) is 7.41. The van der Waals surface area contributed by atoms with E-state index < -0.39 is 10.0 Å². The first kappa shape index (κ1) is 12.5. The van der Waals surface area contributed by atoms with E-state index in [0.717, 1.165) is 5.56 Å². The molecule has 15 heavy (non-hydrogen) atoms. The molecular weight excluding hydrogens is 234 g/mol. The molecule has 5 heteroatoms. The first-order valence-electron chi connectivity index (χ1n) is 4.62. The molecule has 0 fully saturated rings. The lowest BCUT2D eigenvalue weighted by molar-refractivity contribution is 0.571. The van der Waals surface area contributed by atoms with E-state index in [1.807, 2.05) is 25.1 Å². The lowest BCUT2D eigenvalue weighted by atomic mass is 10.0. The van der Waals surface area contributed by atoms with Crippen LogP contribution in [-0.4, -0.2) is 14.2 Å². The molecule has 0 aromatic heterocycles. The van der Waals surface area contributed by atoms with E-state index in [4.69, 9.17) is 16.7 Å². The maximum absolute atomic E-state index is 10.9. The van der Waals surface area contributed by atoms with Crippen LogP contribution in [0, 0.1) is 5.92 Å². The molecule has 1 atom stereocenters. The van der Waals surface area contributed by atoms with Crippen LogP contribution in [0.4, 0.5) is 0 Å². The van der Waals surface area contributed by atoms with Gasteiger partial charge in [-0.05, 0) is 24.0 Å². The quantitative estimate of drug-likeness (QED) is 0.882. The highest BCUT2D eigenvalue weighted by Gasteiger charge is 2.12. The summed E-state index contributed by atoms with van der Waals surface area (Å²) in [5.74, 6) is -0.0435. The molecule has 1 unspecified atom stereocenters. The van der Waals surface area contributed by atoms with E-state index >= 15 is 0 Å². The Labute approximate surface area is 95.3 Å². The van der Waals surface area contributed by atoms with Gasteiger partial charge in [0.05, 0.1) is 5.75 Å². The second kappa shape index (κ2) is 4.96. The average molecular weight is 248 g/mol. The Bertz CT molecular complexity index is 431. The molecule has 0 saturated heterocycles. The predicted octanol–water partition coefficient (Wildman–Crippen LogP) is 1.81. The van der Waals surface area contributed by atoms with Gasteiger partial charge in [0.15, 0.2) is 0 Å². The molecule has 0 spiro atoms. The summed E-state index contributed by atoms with van der Waals surface area (Å²) in [5, 5.41) is 5.63. The van der Waals surface area contributed by atoms with Crippen LogP contribution >= 0.6 is 11.6 Å². The smallest absolute Gasteiger partial charge is 0.209 e. The Morgan fingerprint density at radius 3 is 2.53 bits per heavy atom. The van der Waals surface area contributed by atoms with Crippen molar-refractivity contribution in [3.63, 3.8) is 0 Å². The Morgan fingerprint density at radius 1 is 1.40 bits per heavy atom. The summed E-state index contributed by atoms with van der Waals surface area (Å²) in [6.45, 7) is 1.84. The van der Waals surface area contributed by atoms with Gasteiger partial charge in [-0.25, -0.2) is 13.6 Å². The Hall–Kier alpha value is -0.580. The van der Waals surface area contributed by atoms with Crippen molar-refractivity contribution >= 4 is 21.6 Å². The van der Waals surface area contributed by atoms with Crippen LogP contribution in [0.1, 0.15) is 12.5 Å². The topological polar surface area (TPSA) is 60.2 Å². The minimum absolute atomic E-state index is 0.0157. The summed E-state index contributed by atoms with van der Waals surface area (Å²) in [6.07, 6.45) is 0.621. The molecule has 0 aliphatic carbocycles. The second-order valence-electron chi connectivity index (χ2n) is 3.73. The summed E-state index contributed by atoms with van der Waals surface area (Å²) >= 11 is 5.96. The number of sulfonamides is 1. The van der Waals surface area contributed by atoms with Gasteiger partial charge in [0.2, 0.25) is 10.0 Å². The number of nitrogens with two attached hydrogens (primary N) is 1. The van der Waals surface area contributed by atoms with Gasteiger partial charge in [0, 0.05) is 5.02 Å². The predicted molar refractivity (Wildman–Crippen MR) is 62.3 cm³/mol. The molecule has 1 aromatic carbocycles. The third-order valence-corrected chi connectivity index (χ3v) is 3.45. The van der Waals surface area contributed by atoms with E-state index in [1.165, 1.54) is 0 Å². The number of rotatable bonds is 4. The first-order valence-corrected chi connectivity index (χ1v) is 6.71. The van der Waals surface area contributed by atoms with Gasteiger partial charge in [-0.2, -0.15) is 0 Å². The van der Waals surface area contributed by atoms with E-state index in [0.29, 0.717) is 11.4 Å². The fourth-order valence-corrected chi connectivity index (χ4v) is 2.62. The molecule has 0 bridgehead atoms. The van der Waals surface area contributed by atoms with Crippen LogP contribution in [0.25, 0.3) is 0 Å². The highest BCUT2D eigenvalue weighted by Crippen LogP contribution is 2.19. The average Bonchev–Trinajstić information content (AvgIpc) is 2.05. The van der Waals surface area contributed by atoms with Crippen LogP contribution < -0.4 is 5.14 Å². The normalized spacial score (nSPS) is 13.8. The molecule has 2 N–H and O–H groups in total. The van der Waals surface area contributed by atoms with Gasteiger partial charge in [-0.1, -0.05) is 36.7 Å². The first-order chi connectivity index (χ1) is 6.88. The Morgan fingerprint density at radius 2 is 2.00 bits per heavy atom. The molecule has 0 radical (unpaired) electrons. The van der Waals surface area contributed by atoms with E-state index in [2.05, 4.69) is 0 Å². The van der Waals surface area contributed by atoms with Crippen molar-refractivity contribution in [2.75, 3.05) is 5.75 Å². The third-order valence-electron chi connectivity index (χ3n) is 2.04. The summed E-state index contributed by atoms with van der Waals surface area (Å²) in [7, 11) is -3.40. The zero-order valence-electron chi connectivity index (χ0n) is 8.48. The number of primary sulfonamides is 1. The molecule has 1 rings (SSSR count). The molecule has 0 aliphatic rings. The van der Waals surface area contributed by atoms with Crippen LogP contribution in [0.3, 0.4) is 0 Å². The largest absolute Gasteiger partial charge is 0.229 e. The molecule has 0 saturated carbocycles. The number of halogens is 1. The van der Waals surface area contributed by atoms with Crippen molar-refractivity contribution in [1.29, 1.82) is 0 Å². The standard InChI is InChI=1S/C10H14ClNO2S/c1-8(7-15(12,13)14)6-9-4-2-3-5-10(9)11/h2-5,8H,6-7H2,1H3,(H2,12,13,14). The fraction of sp³-hybridized carbons (Fsp3) is 0.400. The van der Waals surface area contributed by atoms with E-state index in [-0.39, 0.29) is 11.7 Å². The van der Waals surface area contributed by atoms with Gasteiger partial charge < -0.3 is 0 Å². The number of benzene rings is 1. The minimum atomic E-state index is -3.40. The van der Waals surface area contributed by atoms with E-state index in [1.54, 1.807) is 6.07 Å². The molecule has 0 heterocycles. The highest BCUT2D eigenvalue weighted by molar-refractivity contribution is 7.89. The van der Waals surface area contributed by atoms with Crippen LogP contribution in [-0.2, 0) is 16.4 Å². The lowest BCUT2D eigenvalue weighted by Gasteiger charge is -2.10. The van der Waals surface area contributed by atoms with Crippen molar-refractivity contribution in [2.24, 2.45) is 11.1 Å². The van der Waals surface area contributed by atoms with Crippen molar-refractivity contribution in [1.82, 2.24) is 0 Å². The maximum atomic E-state index is 10.9. The number of hydrogen-bond donors (Lipinski definition) is 1. The van der Waals surface area contributed by atoms with Crippen molar-refractivity contribution in [3.8, 4) is 0 Å². The van der Waals surface area contributed by atoms with Crippen LogP contribution in [0.2, 0.25) is 5.02 Å². The van der Waals surface area contributed by atoms with Crippen LogP contribution in [0.15, 0.2) is 24.3 Å². The molecule has 0 amide bonds. The molecule has 0 aliphatic heterocycles. The summed E-state index contributed by atoms with van der Waals surface area (Å²) in [5.41, 5.74) is 0.954. The van der Waals surface area contributed by atoms with Crippen molar-refractivity contribution < 1.29 is 8.42 Å². The SMILES string of the molecule is CC(Cc1ccccc1Cl)CS(N)(=O)=O. The third kappa shape index (κ3) is 4.64. The zero-order valence-corrected chi connectivity index (χ0v) is 10.1. The summed E-state index contributed by atoms with van der Waals surface area (Å²) in [4.78, 5) is 0. The van der Waals surface area contributed by atoms with E-state index in [9.17, 15) is 8.42 Å². The van der Waals surface area contributed by atoms with Crippen LogP contribution in [0.5, 0.6) is 0 Å². The highest BCUT2D eigenvalue weighted by atomic mass is 35.5. The molecule has 3 nitrogen and oxygen atoms in total. The maximum Gasteiger partial charge on any atom is 0.209 e. The molecular formula is C10H14ClNO2S. The van der Waals surface area contributed by atoms with Gasteiger partial charge >= 0.3 is 0 Å². The number of hydrogen-bond acceptors (Lipinski definition) is 2. The van der Waals surface area contributed by atoms with Gasteiger partial charge in [-0.3, -0.25) is 0 Å². The van der Waals surface area contributed by atoms with Crippen molar-refractivity contribution in [2.45, 2.75) is 13.3 Å². The lowest BCUT2D eigenvalue weighted by Crippen LogP contribution is -2.22. The van der Waals surface area contributed by atoms with Gasteiger partial charge in [0.25, 0.3) is 0 Å². The summed E-state index contributed by atoms with van der Waals surface area (Å²) < 4.78 is 21.7. The molecule has 1 aromatic rings. The monoisotopic (exact) mass is 247 g/mol. The zero-order chi connectivity index (χ0) is 11.5.